The van der Waals surface area contributed by atoms with Crippen molar-refractivity contribution >= 4 is 17.5 Å². The van der Waals surface area contributed by atoms with Gasteiger partial charge in [0.25, 0.3) is 5.91 Å². The zero-order valence-electron chi connectivity index (χ0n) is 10.4. The Morgan fingerprint density at radius 1 is 1.37 bits per heavy atom. The molecular weight excluding hydrogens is 266 g/mol. The molecule has 2 rings (SSSR count). The Balaban J connectivity index is 2.23. The van der Waals surface area contributed by atoms with Gasteiger partial charge in [0.2, 0.25) is 0 Å². The summed E-state index contributed by atoms with van der Waals surface area (Å²) in [5.74, 6) is 0.135. The van der Waals surface area contributed by atoms with Gasteiger partial charge < -0.3 is 4.42 Å². The lowest BCUT2D eigenvalue weighted by atomic mass is 9.94. The zero-order chi connectivity index (χ0) is 13.7. The minimum absolute atomic E-state index is 0.221. The molecule has 19 heavy (non-hydrogen) atoms. The third-order valence-electron chi connectivity index (χ3n) is 2.78. The molecule has 0 bridgehead atoms. The van der Waals surface area contributed by atoms with Crippen molar-refractivity contribution in [3.8, 4) is 0 Å². The first-order valence-corrected chi connectivity index (χ1v) is 6.19. The second-order valence-electron chi connectivity index (χ2n) is 4.06. The number of rotatable bonds is 5. The molecule has 0 spiro atoms. The van der Waals surface area contributed by atoms with Gasteiger partial charge in [0.1, 0.15) is 5.76 Å². The molecule has 1 amide bonds. The summed E-state index contributed by atoms with van der Waals surface area (Å²) < 4.78 is 5.29. The summed E-state index contributed by atoms with van der Waals surface area (Å²) in [5.41, 5.74) is 3.21. The van der Waals surface area contributed by atoms with E-state index in [9.17, 15) is 4.79 Å². The van der Waals surface area contributed by atoms with E-state index in [1.165, 1.54) is 7.11 Å². The van der Waals surface area contributed by atoms with Gasteiger partial charge in [-0.25, -0.2) is 5.48 Å². The van der Waals surface area contributed by atoms with Crippen molar-refractivity contribution in [3.05, 3.63) is 59.0 Å². The average molecular weight is 280 g/mol. The van der Waals surface area contributed by atoms with Crippen LogP contribution in [0, 0.1) is 0 Å². The molecule has 5 heteroatoms. The summed E-state index contributed by atoms with van der Waals surface area (Å²) in [6.45, 7) is 0. The van der Waals surface area contributed by atoms with Crippen molar-refractivity contribution in [1.29, 1.82) is 0 Å². The number of carbonyl (C=O) groups is 1. The molecule has 1 aromatic carbocycles. The molecule has 1 N–H and O–H groups in total. The fourth-order valence-corrected chi connectivity index (χ4v) is 1.98. The Morgan fingerprint density at radius 3 is 2.68 bits per heavy atom. The summed E-state index contributed by atoms with van der Waals surface area (Å²) in [6, 6.07) is 10.8. The number of nitrogens with one attached hydrogen (secondary N) is 1. The molecule has 0 aliphatic heterocycles. The van der Waals surface area contributed by atoms with Crippen LogP contribution in [0.3, 0.4) is 0 Å². The van der Waals surface area contributed by atoms with Crippen LogP contribution >= 0.6 is 11.6 Å². The number of hydroxylamine groups is 1. The monoisotopic (exact) mass is 279 g/mol. The molecule has 0 saturated heterocycles. The number of hydrogen-bond donors (Lipinski definition) is 1. The van der Waals surface area contributed by atoms with E-state index in [0.717, 1.165) is 11.3 Å². The molecule has 0 aliphatic rings. The summed E-state index contributed by atoms with van der Waals surface area (Å²) >= 11 is 5.86. The van der Waals surface area contributed by atoms with Crippen LogP contribution in [-0.2, 0) is 16.1 Å². The molecule has 1 atom stereocenters. The molecule has 0 radical (unpaired) electrons. The van der Waals surface area contributed by atoms with Gasteiger partial charge in [0.05, 0.1) is 19.3 Å². The van der Waals surface area contributed by atoms with E-state index < -0.39 is 0 Å². The lowest BCUT2D eigenvalue weighted by Crippen LogP contribution is -2.29. The van der Waals surface area contributed by atoms with E-state index in [4.69, 9.17) is 20.9 Å². The van der Waals surface area contributed by atoms with Crippen molar-refractivity contribution in [2.75, 3.05) is 7.11 Å². The van der Waals surface area contributed by atoms with Crippen molar-refractivity contribution < 1.29 is 14.0 Å². The third kappa shape index (κ3) is 3.59. The number of benzene rings is 1. The fraction of sp³-hybridized carbons (Fsp3) is 0.214. The minimum Gasteiger partial charge on any atom is -0.469 e. The maximum atomic E-state index is 12.0. The van der Waals surface area contributed by atoms with Gasteiger partial charge in [0, 0.05) is 11.4 Å². The SMILES string of the molecule is CONC(=O)C(Cc1ccco1)c1ccc(Cl)cc1. The predicted octanol–water partition coefficient (Wildman–Crippen LogP) is 2.94. The van der Waals surface area contributed by atoms with E-state index >= 15 is 0 Å². The second-order valence-corrected chi connectivity index (χ2v) is 4.49. The van der Waals surface area contributed by atoms with Crippen LogP contribution in [0.25, 0.3) is 0 Å². The first kappa shape index (κ1) is 13.6. The van der Waals surface area contributed by atoms with Crippen LogP contribution in [0.5, 0.6) is 0 Å². The van der Waals surface area contributed by atoms with Crippen molar-refractivity contribution in [2.45, 2.75) is 12.3 Å². The van der Waals surface area contributed by atoms with Crippen LogP contribution in [0.4, 0.5) is 0 Å². The molecule has 100 valence electrons. The molecule has 0 saturated carbocycles. The lowest BCUT2D eigenvalue weighted by molar-refractivity contribution is -0.133. The summed E-state index contributed by atoms with van der Waals surface area (Å²) in [6.07, 6.45) is 2.05. The normalized spacial score (nSPS) is 12.1. The molecule has 0 aliphatic carbocycles. The molecular formula is C14H14ClNO3. The van der Waals surface area contributed by atoms with E-state index in [1.807, 2.05) is 18.2 Å². The molecule has 1 unspecified atom stereocenters. The van der Waals surface area contributed by atoms with Crippen LogP contribution in [0.15, 0.2) is 47.1 Å². The first-order chi connectivity index (χ1) is 9.20. The highest BCUT2D eigenvalue weighted by Gasteiger charge is 2.22. The largest absolute Gasteiger partial charge is 0.469 e. The summed E-state index contributed by atoms with van der Waals surface area (Å²) in [5, 5.41) is 0.632. The number of hydrogen-bond acceptors (Lipinski definition) is 3. The Labute approximate surface area is 116 Å². The van der Waals surface area contributed by atoms with Gasteiger partial charge in [0.15, 0.2) is 0 Å². The molecule has 4 nitrogen and oxygen atoms in total. The van der Waals surface area contributed by atoms with Gasteiger partial charge in [-0.1, -0.05) is 23.7 Å². The van der Waals surface area contributed by atoms with Gasteiger partial charge in [-0.2, -0.15) is 0 Å². The predicted molar refractivity (Wildman–Crippen MR) is 71.8 cm³/mol. The highest BCUT2D eigenvalue weighted by atomic mass is 35.5. The number of amides is 1. The van der Waals surface area contributed by atoms with Crippen LogP contribution in [0.2, 0.25) is 5.02 Å². The summed E-state index contributed by atoms with van der Waals surface area (Å²) in [7, 11) is 1.41. The van der Waals surface area contributed by atoms with Crippen molar-refractivity contribution in [2.24, 2.45) is 0 Å². The van der Waals surface area contributed by atoms with E-state index in [1.54, 1.807) is 24.5 Å². The Hall–Kier alpha value is -1.78. The number of carbonyl (C=O) groups excluding carboxylic acids is 1. The van der Waals surface area contributed by atoms with Crippen LogP contribution in [-0.4, -0.2) is 13.0 Å². The van der Waals surface area contributed by atoms with Crippen LogP contribution < -0.4 is 5.48 Å². The highest BCUT2D eigenvalue weighted by molar-refractivity contribution is 6.30. The minimum atomic E-state index is -0.386. The maximum Gasteiger partial charge on any atom is 0.251 e. The number of halogens is 1. The molecule has 0 fully saturated rings. The quantitative estimate of drug-likeness (QED) is 0.856. The molecule has 2 aromatic rings. The number of furan rings is 1. The van der Waals surface area contributed by atoms with Gasteiger partial charge in [-0.15, -0.1) is 0 Å². The van der Waals surface area contributed by atoms with Crippen molar-refractivity contribution in [1.82, 2.24) is 5.48 Å². The Kier molecular flexibility index (Phi) is 4.60. The average Bonchev–Trinajstić information content (AvgIpc) is 2.90. The van der Waals surface area contributed by atoms with Gasteiger partial charge >= 0.3 is 0 Å². The van der Waals surface area contributed by atoms with E-state index in [2.05, 4.69) is 5.48 Å². The second kappa shape index (κ2) is 6.41. The highest BCUT2D eigenvalue weighted by Crippen LogP contribution is 2.23. The Morgan fingerprint density at radius 2 is 2.11 bits per heavy atom. The molecule has 1 heterocycles. The lowest BCUT2D eigenvalue weighted by Gasteiger charge is -2.15. The maximum absolute atomic E-state index is 12.0. The van der Waals surface area contributed by atoms with Gasteiger partial charge in [-0.05, 0) is 29.8 Å². The van der Waals surface area contributed by atoms with Crippen molar-refractivity contribution in [3.63, 3.8) is 0 Å². The first-order valence-electron chi connectivity index (χ1n) is 5.81. The Bertz CT molecular complexity index is 522. The van der Waals surface area contributed by atoms with Gasteiger partial charge in [-0.3, -0.25) is 9.63 Å². The van der Waals surface area contributed by atoms with E-state index in [-0.39, 0.29) is 11.8 Å². The van der Waals surface area contributed by atoms with E-state index in [0.29, 0.717) is 11.4 Å². The zero-order valence-corrected chi connectivity index (χ0v) is 11.2. The smallest absolute Gasteiger partial charge is 0.251 e. The summed E-state index contributed by atoms with van der Waals surface area (Å²) in [4.78, 5) is 16.7. The third-order valence-corrected chi connectivity index (χ3v) is 3.03. The fourth-order valence-electron chi connectivity index (χ4n) is 1.86. The topological polar surface area (TPSA) is 51.5 Å². The standard InChI is InChI=1S/C14H14ClNO3/c1-18-16-14(17)13(9-12-3-2-8-19-12)10-4-6-11(15)7-5-10/h2-8,13H,9H2,1H3,(H,16,17). The molecule has 1 aromatic heterocycles. The van der Waals surface area contributed by atoms with Crippen LogP contribution in [0.1, 0.15) is 17.2 Å².